The summed E-state index contributed by atoms with van der Waals surface area (Å²) in [6.45, 7) is 3.79. The summed E-state index contributed by atoms with van der Waals surface area (Å²) < 4.78 is 14.1. The molecule has 1 N–H and O–H groups in total. The van der Waals surface area contributed by atoms with E-state index in [0.717, 1.165) is 25.3 Å². The van der Waals surface area contributed by atoms with E-state index in [1.807, 2.05) is 0 Å². The molecule has 1 aliphatic heterocycles. The number of rotatable bonds is 2. The first kappa shape index (κ1) is 10.4. The van der Waals surface area contributed by atoms with Crippen LogP contribution in [-0.2, 0) is 0 Å². The summed E-state index contributed by atoms with van der Waals surface area (Å²) in [4.78, 5) is 0. The average Bonchev–Trinajstić information content (AvgIpc) is 2.57. The predicted molar refractivity (Wildman–Crippen MR) is 57.1 cm³/mol. The van der Waals surface area contributed by atoms with Crippen molar-refractivity contribution >= 4 is 0 Å². The lowest BCUT2D eigenvalue weighted by atomic mass is 9.78. The highest BCUT2D eigenvalue weighted by atomic mass is 19.1. The first-order valence-electron chi connectivity index (χ1n) is 6.08. The summed E-state index contributed by atoms with van der Waals surface area (Å²) in [5.41, 5.74) is -0.870. The van der Waals surface area contributed by atoms with Gasteiger partial charge in [-0.1, -0.05) is 32.6 Å². The minimum atomic E-state index is -0.870. The van der Waals surface area contributed by atoms with Crippen LogP contribution in [0.3, 0.4) is 0 Å². The Morgan fingerprint density at radius 2 is 2.00 bits per heavy atom. The van der Waals surface area contributed by atoms with Crippen molar-refractivity contribution in [2.45, 2.75) is 51.1 Å². The van der Waals surface area contributed by atoms with Crippen LogP contribution in [0, 0.1) is 11.8 Å². The second kappa shape index (κ2) is 4.18. The van der Waals surface area contributed by atoms with Crippen molar-refractivity contribution in [1.82, 2.24) is 5.32 Å². The lowest BCUT2D eigenvalue weighted by molar-refractivity contribution is 0.123. The summed E-state index contributed by atoms with van der Waals surface area (Å²) in [6.07, 6.45) is 6.69. The van der Waals surface area contributed by atoms with Crippen LogP contribution in [0.25, 0.3) is 0 Å². The second-order valence-electron chi connectivity index (χ2n) is 5.41. The number of halogens is 1. The van der Waals surface area contributed by atoms with Gasteiger partial charge in [0.05, 0.1) is 0 Å². The maximum Gasteiger partial charge on any atom is 0.124 e. The van der Waals surface area contributed by atoms with Gasteiger partial charge in [-0.2, -0.15) is 0 Å². The fraction of sp³-hybridized carbons (Fsp3) is 1.00. The Hall–Kier alpha value is -0.110. The lowest BCUT2D eigenvalue weighted by Gasteiger charge is -2.30. The minimum Gasteiger partial charge on any atom is -0.313 e. The van der Waals surface area contributed by atoms with Gasteiger partial charge in [0.25, 0.3) is 0 Å². The van der Waals surface area contributed by atoms with Gasteiger partial charge in [-0.15, -0.1) is 0 Å². The van der Waals surface area contributed by atoms with Gasteiger partial charge in [0.2, 0.25) is 0 Å². The summed E-state index contributed by atoms with van der Waals surface area (Å²) in [5.74, 6) is 1.54. The molecular formula is C12H22FN. The molecular weight excluding hydrogens is 177 g/mol. The Balaban J connectivity index is 1.79. The molecule has 2 fully saturated rings. The van der Waals surface area contributed by atoms with Crippen LogP contribution in [0.1, 0.15) is 45.4 Å². The largest absolute Gasteiger partial charge is 0.313 e. The molecule has 1 unspecified atom stereocenters. The van der Waals surface area contributed by atoms with E-state index < -0.39 is 5.67 Å². The van der Waals surface area contributed by atoms with E-state index in [4.69, 9.17) is 0 Å². The maximum atomic E-state index is 14.1. The quantitative estimate of drug-likeness (QED) is 0.721. The van der Waals surface area contributed by atoms with Crippen molar-refractivity contribution < 1.29 is 4.39 Å². The highest BCUT2D eigenvalue weighted by Crippen LogP contribution is 2.36. The standard InChI is InChI=1S/C12H22FN/c1-10-2-4-11(5-3-10)8-12(13)6-7-14-9-12/h10-11,14H,2-9H2,1H3. The number of alkyl halides is 1. The molecule has 82 valence electrons. The molecule has 1 saturated heterocycles. The zero-order valence-corrected chi connectivity index (χ0v) is 9.19. The molecule has 0 radical (unpaired) electrons. The molecule has 1 aliphatic carbocycles. The smallest absolute Gasteiger partial charge is 0.124 e. The molecule has 1 atom stereocenters. The molecule has 0 amide bonds. The van der Waals surface area contributed by atoms with Crippen LogP contribution in [0.4, 0.5) is 4.39 Å². The molecule has 0 aromatic carbocycles. The summed E-state index contributed by atoms with van der Waals surface area (Å²) in [6, 6.07) is 0. The second-order valence-corrected chi connectivity index (χ2v) is 5.41. The van der Waals surface area contributed by atoms with E-state index >= 15 is 0 Å². The van der Waals surface area contributed by atoms with Crippen molar-refractivity contribution in [3.05, 3.63) is 0 Å². The molecule has 1 saturated carbocycles. The highest BCUT2D eigenvalue weighted by molar-refractivity contribution is 4.90. The van der Waals surface area contributed by atoms with E-state index in [1.165, 1.54) is 25.7 Å². The fourth-order valence-corrected chi connectivity index (χ4v) is 2.94. The van der Waals surface area contributed by atoms with Crippen LogP contribution in [0.2, 0.25) is 0 Å². The first-order valence-corrected chi connectivity index (χ1v) is 6.08. The SMILES string of the molecule is CC1CCC(CC2(F)CCNC2)CC1. The Kier molecular flexibility index (Phi) is 3.10. The fourth-order valence-electron chi connectivity index (χ4n) is 2.94. The molecule has 2 heteroatoms. The Morgan fingerprint density at radius 1 is 1.29 bits per heavy atom. The van der Waals surface area contributed by atoms with Gasteiger partial charge in [0.15, 0.2) is 0 Å². The molecule has 2 rings (SSSR count). The minimum absolute atomic E-state index is 0.596. The topological polar surface area (TPSA) is 12.0 Å². The normalized spacial score (nSPS) is 44.1. The Bertz CT molecular complexity index is 179. The van der Waals surface area contributed by atoms with Crippen LogP contribution in [0.5, 0.6) is 0 Å². The third-order valence-electron chi connectivity index (χ3n) is 3.98. The summed E-state index contributed by atoms with van der Waals surface area (Å²) in [7, 11) is 0. The van der Waals surface area contributed by atoms with Crippen LogP contribution >= 0.6 is 0 Å². The van der Waals surface area contributed by atoms with Crippen LogP contribution in [-0.4, -0.2) is 18.8 Å². The highest BCUT2D eigenvalue weighted by Gasteiger charge is 2.36. The lowest BCUT2D eigenvalue weighted by Crippen LogP contribution is -2.30. The van der Waals surface area contributed by atoms with Crippen molar-refractivity contribution in [1.29, 1.82) is 0 Å². The third-order valence-corrected chi connectivity index (χ3v) is 3.98. The van der Waals surface area contributed by atoms with Crippen LogP contribution < -0.4 is 5.32 Å². The van der Waals surface area contributed by atoms with Gasteiger partial charge in [-0.3, -0.25) is 0 Å². The van der Waals surface area contributed by atoms with Gasteiger partial charge in [0.1, 0.15) is 5.67 Å². The summed E-state index contributed by atoms with van der Waals surface area (Å²) >= 11 is 0. The zero-order valence-electron chi connectivity index (χ0n) is 9.19. The predicted octanol–water partition coefficient (Wildman–Crippen LogP) is 2.90. The monoisotopic (exact) mass is 199 g/mol. The van der Waals surface area contributed by atoms with E-state index in [9.17, 15) is 4.39 Å². The van der Waals surface area contributed by atoms with Gasteiger partial charge in [0, 0.05) is 6.54 Å². The Morgan fingerprint density at radius 3 is 2.57 bits per heavy atom. The van der Waals surface area contributed by atoms with E-state index in [2.05, 4.69) is 12.2 Å². The van der Waals surface area contributed by atoms with Crippen molar-refractivity contribution in [3.63, 3.8) is 0 Å². The van der Waals surface area contributed by atoms with E-state index in [1.54, 1.807) is 0 Å². The van der Waals surface area contributed by atoms with Gasteiger partial charge in [-0.25, -0.2) is 4.39 Å². The number of hydrogen-bond acceptors (Lipinski definition) is 1. The first-order chi connectivity index (χ1) is 6.68. The summed E-state index contributed by atoms with van der Waals surface area (Å²) in [5, 5.41) is 3.14. The molecule has 0 aromatic rings. The molecule has 1 nitrogen and oxygen atoms in total. The molecule has 0 aromatic heterocycles. The van der Waals surface area contributed by atoms with Gasteiger partial charge >= 0.3 is 0 Å². The zero-order chi connectivity index (χ0) is 10.0. The van der Waals surface area contributed by atoms with Crippen molar-refractivity contribution in [2.75, 3.05) is 13.1 Å². The average molecular weight is 199 g/mol. The van der Waals surface area contributed by atoms with Gasteiger partial charge < -0.3 is 5.32 Å². The molecule has 14 heavy (non-hydrogen) atoms. The third kappa shape index (κ3) is 2.47. The van der Waals surface area contributed by atoms with E-state index in [0.29, 0.717) is 12.5 Å². The molecule has 0 bridgehead atoms. The molecule has 2 aliphatic rings. The van der Waals surface area contributed by atoms with Gasteiger partial charge in [-0.05, 0) is 31.2 Å². The van der Waals surface area contributed by atoms with Crippen molar-refractivity contribution in [3.8, 4) is 0 Å². The Labute approximate surface area is 86.5 Å². The molecule has 0 spiro atoms. The van der Waals surface area contributed by atoms with Crippen LogP contribution in [0.15, 0.2) is 0 Å². The maximum absolute atomic E-state index is 14.1. The van der Waals surface area contributed by atoms with E-state index in [-0.39, 0.29) is 0 Å². The number of nitrogens with one attached hydrogen (secondary N) is 1. The molecule has 1 heterocycles. The van der Waals surface area contributed by atoms with Crippen molar-refractivity contribution in [2.24, 2.45) is 11.8 Å². The number of hydrogen-bond donors (Lipinski definition) is 1.